The molecule has 3 N–H and O–H groups in total. The van der Waals surface area contributed by atoms with Crippen molar-refractivity contribution in [3.63, 3.8) is 0 Å². The van der Waals surface area contributed by atoms with E-state index in [1.807, 2.05) is 30.3 Å². The van der Waals surface area contributed by atoms with Gasteiger partial charge in [-0.15, -0.1) is 0 Å². The van der Waals surface area contributed by atoms with Gasteiger partial charge in [0.1, 0.15) is 5.02 Å². The van der Waals surface area contributed by atoms with E-state index in [0.29, 0.717) is 42.6 Å². The number of nitrogens with zero attached hydrogens (tertiary/aromatic N) is 3. The van der Waals surface area contributed by atoms with Crippen LogP contribution in [0.3, 0.4) is 0 Å². The molecule has 0 saturated carbocycles. The molecule has 2 atom stereocenters. The monoisotopic (exact) mass is 558 g/mol. The summed E-state index contributed by atoms with van der Waals surface area (Å²) in [4.78, 5) is 15.5. The van der Waals surface area contributed by atoms with Crippen molar-refractivity contribution in [3.8, 4) is 5.69 Å². The molecule has 1 aromatic heterocycles. The second-order valence-corrected chi connectivity index (χ2v) is 10.4. The summed E-state index contributed by atoms with van der Waals surface area (Å²) in [7, 11) is 1.63. The number of hydrogen-bond acceptors (Lipinski definition) is 5. The molecule has 208 valence electrons. The summed E-state index contributed by atoms with van der Waals surface area (Å²) in [6.07, 6.45) is 1.82. The fourth-order valence-corrected chi connectivity index (χ4v) is 5.78. The second kappa shape index (κ2) is 12.4. The van der Waals surface area contributed by atoms with Crippen LogP contribution in [0.5, 0.6) is 0 Å². The number of methoxy groups -OCH3 is 1. The standard InChI is InChI=1S/C28H33ClF2N6O2/c1-39-14-13-36-16-21(19-7-8-22(30)23(31)15-19)24(17-36)33-28(38)34-27-25(29)26(18-9-11-32-12-10-18)35-37(27)20-5-3-2-4-6-20/h2-8,15,18,21,24,32H,9-14,16-17H2,1H3,(H2,33,34,38). The molecule has 0 aliphatic carbocycles. The highest BCUT2D eigenvalue weighted by molar-refractivity contribution is 6.34. The zero-order valence-electron chi connectivity index (χ0n) is 21.8. The number of halogens is 3. The van der Waals surface area contributed by atoms with E-state index in [1.165, 1.54) is 6.07 Å². The van der Waals surface area contributed by atoms with E-state index in [2.05, 4.69) is 20.9 Å². The first-order valence-electron chi connectivity index (χ1n) is 13.2. The number of urea groups is 1. The zero-order valence-corrected chi connectivity index (χ0v) is 22.6. The predicted molar refractivity (Wildman–Crippen MR) is 147 cm³/mol. The van der Waals surface area contributed by atoms with Gasteiger partial charge in [-0.3, -0.25) is 10.2 Å². The Morgan fingerprint density at radius 2 is 1.90 bits per heavy atom. The Morgan fingerprint density at radius 1 is 1.13 bits per heavy atom. The lowest BCUT2D eigenvalue weighted by atomic mass is 9.94. The van der Waals surface area contributed by atoms with Gasteiger partial charge in [0, 0.05) is 38.6 Å². The van der Waals surface area contributed by atoms with Crippen LogP contribution < -0.4 is 16.0 Å². The Labute approximate surface area is 231 Å². The number of rotatable bonds is 8. The van der Waals surface area contributed by atoms with Gasteiger partial charge in [0.2, 0.25) is 0 Å². The fourth-order valence-electron chi connectivity index (χ4n) is 5.46. The Hall–Kier alpha value is -3.05. The summed E-state index contributed by atoms with van der Waals surface area (Å²) < 4.78 is 34.6. The molecule has 11 heteroatoms. The second-order valence-electron chi connectivity index (χ2n) is 10.1. The molecule has 3 heterocycles. The predicted octanol–water partition coefficient (Wildman–Crippen LogP) is 4.51. The van der Waals surface area contributed by atoms with E-state index >= 15 is 0 Å². The molecular weight excluding hydrogens is 526 g/mol. The Morgan fingerprint density at radius 3 is 2.62 bits per heavy atom. The Kier molecular flexibility index (Phi) is 8.76. The van der Waals surface area contributed by atoms with Crippen LogP contribution in [0.15, 0.2) is 48.5 Å². The van der Waals surface area contributed by atoms with Crippen LogP contribution in [0.2, 0.25) is 5.02 Å². The van der Waals surface area contributed by atoms with Gasteiger partial charge < -0.3 is 15.4 Å². The molecule has 2 unspecified atom stereocenters. The molecule has 2 aliphatic heterocycles. The number of nitrogens with one attached hydrogen (secondary N) is 3. The topological polar surface area (TPSA) is 83.4 Å². The molecule has 5 rings (SSSR count). The molecule has 0 bridgehead atoms. The average Bonchev–Trinajstić information content (AvgIpc) is 3.50. The first-order valence-corrected chi connectivity index (χ1v) is 13.6. The molecule has 2 aliphatic rings. The minimum absolute atomic E-state index is 0.189. The lowest BCUT2D eigenvalue weighted by Crippen LogP contribution is -2.42. The maximum absolute atomic E-state index is 14.1. The third-order valence-corrected chi connectivity index (χ3v) is 7.88. The van der Waals surface area contributed by atoms with Crippen molar-refractivity contribution >= 4 is 23.4 Å². The number of aromatic nitrogens is 2. The molecule has 2 amide bonds. The number of amides is 2. The normalized spacial score (nSPS) is 20.3. The number of anilines is 1. The largest absolute Gasteiger partial charge is 0.383 e. The van der Waals surface area contributed by atoms with E-state index < -0.39 is 17.7 Å². The third kappa shape index (κ3) is 6.24. The van der Waals surface area contributed by atoms with Gasteiger partial charge in [0.05, 0.1) is 24.0 Å². The maximum Gasteiger partial charge on any atom is 0.320 e. The van der Waals surface area contributed by atoms with Crippen LogP contribution in [0, 0.1) is 11.6 Å². The van der Waals surface area contributed by atoms with E-state index in [4.69, 9.17) is 21.4 Å². The quantitative estimate of drug-likeness (QED) is 0.379. The number of likely N-dealkylation sites (tertiary alicyclic amines) is 1. The first-order chi connectivity index (χ1) is 18.9. The Bertz CT molecular complexity index is 1280. The highest BCUT2D eigenvalue weighted by atomic mass is 35.5. The molecular formula is C28H33ClF2N6O2. The van der Waals surface area contributed by atoms with Crippen molar-refractivity contribution in [1.29, 1.82) is 0 Å². The average molecular weight is 559 g/mol. The lowest BCUT2D eigenvalue weighted by Gasteiger charge is -2.21. The van der Waals surface area contributed by atoms with Gasteiger partial charge in [0.25, 0.3) is 0 Å². The lowest BCUT2D eigenvalue weighted by molar-refractivity contribution is 0.159. The van der Waals surface area contributed by atoms with Crippen LogP contribution in [-0.4, -0.2) is 73.2 Å². The van der Waals surface area contributed by atoms with Gasteiger partial charge in [-0.05, 0) is 55.8 Å². The maximum atomic E-state index is 14.1. The van der Waals surface area contributed by atoms with E-state index in [1.54, 1.807) is 17.9 Å². The van der Waals surface area contributed by atoms with E-state index in [-0.39, 0.29) is 17.9 Å². The smallest absolute Gasteiger partial charge is 0.320 e. The molecule has 0 spiro atoms. The minimum Gasteiger partial charge on any atom is -0.383 e. The van der Waals surface area contributed by atoms with Crippen molar-refractivity contribution in [2.24, 2.45) is 0 Å². The summed E-state index contributed by atoms with van der Waals surface area (Å²) >= 11 is 6.87. The van der Waals surface area contributed by atoms with Gasteiger partial charge in [0.15, 0.2) is 17.5 Å². The van der Waals surface area contributed by atoms with Crippen LogP contribution in [0.25, 0.3) is 5.69 Å². The molecule has 39 heavy (non-hydrogen) atoms. The molecule has 2 fully saturated rings. The highest BCUT2D eigenvalue weighted by Crippen LogP contribution is 2.37. The molecule has 8 nitrogen and oxygen atoms in total. The zero-order chi connectivity index (χ0) is 27.4. The van der Waals surface area contributed by atoms with Gasteiger partial charge in [-0.1, -0.05) is 35.9 Å². The van der Waals surface area contributed by atoms with Gasteiger partial charge in [-0.2, -0.15) is 5.10 Å². The summed E-state index contributed by atoms with van der Waals surface area (Å²) in [5, 5.41) is 14.6. The number of carbonyl (C=O) groups excluding carboxylic acids is 1. The molecule has 2 aromatic carbocycles. The van der Waals surface area contributed by atoms with Crippen molar-refractivity contribution in [3.05, 3.63) is 76.4 Å². The number of benzene rings is 2. The number of piperidine rings is 1. The molecule has 2 saturated heterocycles. The first kappa shape index (κ1) is 27.5. The van der Waals surface area contributed by atoms with Crippen LogP contribution >= 0.6 is 11.6 Å². The van der Waals surface area contributed by atoms with Gasteiger partial charge in [-0.25, -0.2) is 18.3 Å². The number of hydrogen-bond donors (Lipinski definition) is 3. The third-order valence-electron chi connectivity index (χ3n) is 7.51. The van der Waals surface area contributed by atoms with Crippen molar-refractivity contribution in [1.82, 2.24) is 25.3 Å². The summed E-state index contributed by atoms with van der Waals surface area (Å²) in [5.41, 5.74) is 2.17. The van der Waals surface area contributed by atoms with Crippen LogP contribution in [0.1, 0.15) is 35.9 Å². The minimum atomic E-state index is -0.907. The fraction of sp³-hybridized carbons (Fsp3) is 0.429. The van der Waals surface area contributed by atoms with E-state index in [9.17, 15) is 13.6 Å². The molecule has 3 aromatic rings. The van der Waals surface area contributed by atoms with Crippen molar-refractivity contribution in [2.45, 2.75) is 30.7 Å². The number of para-hydroxylation sites is 1. The van der Waals surface area contributed by atoms with Crippen LogP contribution in [-0.2, 0) is 4.74 Å². The van der Waals surface area contributed by atoms with Crippen LogP contribution in [0.4, 0.5) is 19.4 Å². The van der Waals surface area contributed by atoms with Crippen molar-refractivity contribution in [2.75, 3.05) is 51.8 Å². The van der Waals surface area contributed by atoms with Crippen molar-refractivity contribution < 1.29 is 18.3 Å². The highest BCUT2D eigenvalue weighted by Gasteiger charge is 2.36. The Balaban J connectivity index is 1.39. The number of ether oxygens (including phenoxy) is 1. The molecule has 0 radical (unpaired) electrons. The van der Waals surface area contributed by atoms with Gasteiger partial charge >= 0.3 is 6.03 Å². The summed E-state index contributed by atoms with van der Waals surface area (Å²) in [6.45, 7) is 4.05. The van der Waals surface area contributed by atoms with E-state index in [0.717, 1.165) is 43.4 Å². The number of carbonyl (C=O) groups is 1. The summed E-state index contributed by atoms with van der Waals surface area (Å²) in [5.74, 6) is -1.46. The summed E-state index contributed by atoms with van der Waals surface area (Å²) in [6, 6.07) is 12.6. The SMILES string of the molecule is COCCN1CC(NC(=O)Nc2c(Cl)c(C3CCNCC3)nn2-c2ccccc2)C(c2ccc(F)c(F)c2)C1.